The van der Waals surface area contributed by atoms with Crippen molar-refractivity contribution in [1.82, 2.24) is 0 Å². The molecule has 5 heteroatoms. The fourth-order valence-electron chi connectivity index (χ4n) is 2.89. The van der Waals surface area contributed by atoms with Crippen LogP contribution in [0.5, 0.6) is 5.75 Å². The van der Waals surface area contributed by atoms with Gasteiger partial charge in [-0.3, -0.25) is 0 Å². The lowest BCUT2D eigenvalue weighted by Crippen LogP contribution is -1.98. The van der Waals surface area contributed by atoms with Crippen LogP contribution in [0, 0.1) is 47.8 Å². The number of nitriles is 3. The molecule has 0 saturated heterocycles. The van der Waals surface area contributed by atoms with Crippen molar-refractivity contribution < 1.29 is 9.47 Å². The maximum atomic E-state index is 9.50. The van der Waals surface area contributed by atoms with Gasteiger partial charge >= 0.3 is 0 Å². The molecule has 0 aliphatic rings. The van der Waals surface area contributed by atoms with Gasteiger partial charge in [-0.1, -0.05) is 59.7 Å². The summed E-state index contributed by atoms with van der Waals surface area (Å²) >= 11 is 0. The SMILES string of the molecule is COCOc1ccc(/C(C#N)=C(\C#N)c2ccc(C)cc2)cc1.Cc1ccc(CC#N)cc1. The van der Waals surface area contributed by atoms with E-state index in [1.807, 2.05) is 62.4 Å². The molecular weight excluding hydrogens is 410 g/mol. The van der Waals surface area contributed by atoms with Crippen molar-refractivity contribution in [3.8, 4) is 24.0 Å². The van der Waals surface area contributed by atoms with Gasteiger partial charge in [0.15, 0.2) is 6.79 Å². The van der Waals surface area contributed by atoms with E-state index in [0.717, 1.165) is 16.7 Å². The fourth-order valence-corrected chi connectivity index (χ4v) is 2.89. The summed E-state index contributed by atoms with van der Waals surface area (Å²) in [5, 5.41) is 27.3. The lowest BCUT2D eigenvalue weighted by Gasteiger charge is -2.07. The highest BCUT2D eigenvalue weighted by Gasteiger charge is 2.11. The van der Waals surface area contributed by atoms with Crippen LogP contribution in [0.4, 0.5) is 0 Å². The lowest BCUT2D eigenvalue weighted by atomic mass is 9.96. The Morgan fingerprint density at radius 2 is 1.15 bits per heavy atom. The third kappa shape index (κ3) is 7.67. The number of rotatable bonds is 6. The largest absolute Gasteiger partial charge is 0.468 e. The first kappa shape index (κ1) is 24.9. The second-order valence-corrected chi connectivity index (χ2v) is 7.24. The normalized spacial score (nSPS) is 10.4. The van der Waals surface area contributed by atoms with Gasteiger partial charge in [0, 0.05) is 7.11 Å². The number of nitrogens with zero attached hydrogens (tertiary/aromatic N) is 3. The Morgan fingerprint density at radius 1 is 0.697 bits per heavy atom. The van der Waals surface area contributed by atoms with Gasteiger partial charge in [0.1, 0.15) is 17.9 Å². The summed E-state index contributed by atoms with van der Waals surface area (Å²) in [6.45, 7) is 4.17. The van der Waals surface area contributed by atoms with E-state index in [1.54, 1.807) is 31.4 Å². The molecule has 0 radical (unpaired) electrons. The van der Waals surface area contributed by atoms with E-state index in [4.69, 9.17) is 14.7 Å². The Kier molecular flexibility index (Phi) is 9.91. The number of hydrogen-bond donors (Lipinski definition) is 0. The zero-order valence-corrected chi connectivity index (χ0v) is 19.0. The molecule has 0 unspecified atom stereocenters. The van der Waals surface area contributed by atoms with Gasteiger partial charge in [-0.05, 0) is 54.8 Å². The topological polar surface area (TPSA) is 89.8 Å². The van der Waals surface area contributed by atoms with Crippen LogP contribution in [0.15, 0.2) is 72.8 Å². The number of allylic oxidation sites excluding steroid dienone is 2. The number of hydrogen-bond acceptors (Lipinski definition) is 5. The van der Waals surface area contributed by atoms with Crippen LogP contribution < -0.4 is 4.74 Å². The van der Waals surface area contributed by atoms with Crippen LogP contribution in [0.1, 0.15) is 27.8 Å². The number of methoxy groups -OCH3 is 1. The summed E-state index contributed by atoms with van der Waals surface area (Å²) in [5.74, 6) is 0.640. The molecule has 0 amide bonds. The molecule has 0 fully saturated rings. The smallest absolute Gasteiger partial charge is 0.188 e. The summed E-state index contributed by atoms with van der Waals surface area (Å²) in [4.78, 5) is 0. The zero-order valence-electron chi connectivity index (χ0n) is 19.0. The van der Waals surface area contributed by atoms with Crippen LogP contribution in [0.25, 0.3) is 11.1 Å². The summed E-state index contributed by atoms with van der Waals surface area (Å²) in [6.07, 6.45) is 0.514. The third-order valence-corrected chi connectivity index (χ3v) is 4.70. The molecule has 0 heterocycles. The summed E-state index contributed by atoms with van der Waals surface area (Å²) in [5.41, 5.74) is 5.54. The first-order chi connectivity index (χ1) is 16.0. The average Bonchev–Trinajstić information content (AvgIpc) is 2.84. The lowest BCUT2D eigenvalue weighted by molar-refractivity contribution is 0.0511. The highest BCUT2D eigenvalue weighted by atomic mass is 16.7. The molecule has 5 nitrogen and oxygen atoms in total. The first-order valence-corrected chi connectivity index (χ1v) is 10.3. The second-order valence-electron chi connectivity index (χ2n) is 7.24. The summed E-state index contributed by atoms with van der Waals surface area (Å²) in [7, 11) is 1.55. The van der Waals surface area contributed by atoms with E-state index in [-0.39, 0.29) is 6.79 Å². The number of benzene rings is 3. The van der Waals surface area contributed by atoms with Gasteiger partial charge in [-0.2, -0.15) is 15.8 Å². The molecular formula is C28H25N3O2. The van der Waals surface area contributed by atoms with E-state index in [2.05, 4.69) is 18.2 Å². The second kappa shape index (κ2) is 13.1. The Hall–Kier alpha value is -4.37. The molecule has 0 saturated carbocycles. The molecule has 0 aromatic heterocycles. The van der Waals surface area contributed by atoms with Gasteiger partial charge in [-0.25, -0.2) is 0 Å². The van der Waals surface area contributed by atoms with Crippen LogP contribution in [-0.4, -0.2) is 13.9 Å². The van der Waals surface area contributed by atoms with Gasteiger partial charge in [-0.15, -0.1) is 0 Å². The van der Waals surface area contributed by atoms with Gasteiger partial charge < -0.3 is 9.47 Å². The first-order valence-electron chi connectivity index (χ1n) is 10.3. The van der Waals surface area contributed by atoms with Gasteiger partial charge in [0.05, 0.1) is 23.6 Å². The molecule has 0 atom stereocenters. The quantitative estimate of drug-likeness (QED) is 0.269. The van der Waals surface area contributed by atoms with E-state index in [9.17, 15) is 10.5 Å². The summed E-state index contributed by atoms with van der Waals surface area (Å²) in [6, 6.07) is 28.9. The Labute approximate surface area is 195 Å². The van der Waals surface area contributed by atoms with E-state index >= 15 is 0 Å². The molecule has 0 bridgehead atoms. The summed E-state index contributed by atoms with van der Waals surface area (Å²) < 4.78 is 10.2. The van der Waals surface area contributed by atoms with Crippen LogP contribution in [0.2, 0.25) is 0 Å². The van der Waals surface area contributed by atoms with Crippen molar-refractivity contribution in [3.05, 3.63) is 101 Å². The molecule has 0 N–H and O–H groups in total. The Balaban J connectivity index is 0.000000321. The minimum Gasteiger partial charge on any atom is -0.468 e. The molecule has 0 aliphatic carbocycles. The Bertz CT molecular complexity index is 1190. The fraction of sp³-hybridized carbons (Fsp3) is 0.179. The van der Waals surface area contributed by atoms with Crippen LogP contribution in [-0.2, 0) is 11.2 Å². The van der Waals surface area contributed by atoms with E-state index < -0.39 is 0 Å². The minimum absolute atomic E-state index is 0.160. The van der Waals surface area contributed by atoms with Crippen LogP contribution in [0.3, 0.4) is 0 Å². The average molecular weight is 436 g/mol. The van der Waals surface area contributed by atoms with E-state index in [1.165, 1.54) is 5.56 Å². The van der Waals surface area contributed by atoms with Crippen molar-refractivity contribution >= 4 is 11.1 Å². The predicted octanol–water partition coefficient (Wildman–Crippen LogP) is 6.00. The highest BCUT2D eigenvalue weighted by Crippen LogP contribution is 2.27. The maximum Gasteiger partial charge on any atom is 0.188 e. The standard InChI is InChI=1S/C19H16N2O2.C9H9N/c1-14-3-5-15(6-4-14)18(11-20)19(12-21)16-7-9-17(10-8-16)23-13-22-2;1-8-2-4-9(5-3-8)6-7-10/h3-10H,13H2,1-2H3;2-5H,6H2,1H3/b19-18+;. The molecule has 3 aromatic rings. The van der Waals surface area contributed by atoms with Crippen molar-refractivity contribution in [2.75, 3.05) is 13.9 Å². The van der Waals surface area contributed by atoms with Crippen molar-refractivity contribution in [2.24, 2.45) is 0 Å². The molecule has 3 aromatic carbocycles. The third-order valence-electron chi connectivity index (χ3n) is 4.70. The predicted molar refractivity (Wildman–Crippen MR) is 129 cm³/mol. The van der Waals surface area contributed by atoms with Crippen molar-refractivity contribution in [1.29, 1.82) is 15.8 Å². The monoisotopic (exact) mass is 435 g/mol. The van der Waals surface area contributed by atoms with Crippen LogP contribution >= 0.6 is 0 Å². The molecule has 0 aliphatic heterocycles. The van der Waals surface area contributed by atoms with Crippen molar-refractivity contribution in [2.45, 2.75) is 20.3 Å². The van der Waals surface area contributed by atoms with Gasteiger partial charge in [0.25, 0.3) is 0 Å². The zero-order chi connectivity index (χ0) is 24.1. The molecule has 33 heavy (non-hydrogen) atoms. The van der Waals surface area contributed by atoms with Gasteiger partial charge in [0.2, 0.25) is 0 Å². The molecule has 164 valence electrons. The number of aryl methyl sites for hydroxylation is 2. The maximum absolute atomic E-state index is 9.50. The molecule has 0 spiro atoms. The van der Waals surface area contributed by atoms with Crippen molar-refractivity contribution in [3.63, 3.8) is 0 Å². The molecule has 3 rings (SSSR count). The highest BCUT2D eigenvalue weighted by molar-refractivity contribution is 6.02. The van der Waals surface area contributed by atoms with E-state index in [0.29, 0.717) is 28.9 Å². The number of ether oxygens (including phenoxy) is 2. The minimum atomic E-state index is 0.160. The Morgan fingerprint density at radius 3 is 1.58 bits per heavy atom.